The van der Waals surface area contributed by atoms with Crippen LogP contribution < -0.4 is 15.0 Å². The Kier molecular flexibility index (Phi) is 6.34. The van der Waals surface area contributed by atoms with Crippen molar-refractivity contribution in [3.8, 4) is 5.75 Å². The number of carbonyl (C=O) groups is 3. The van der Waals surface area contributed by atoms with E-state index in [0.717, 1.165) is 0 Å². The van der Waals surface area contributed by atoms with Crippen molar-refractivity contribution in [2.45, 2.75) is 13.0 Å². The number of hydrogen-bond acceptors (Lipinski definition) is 6. The summed E-state index contributed by atoms with van der Waals surface area (Å²) in [4.78, 5) is 43.1. The first-order valence-corrected chi connectivity index (χ1v) is 10.6. The maximum absolute atomic E-state index is 13.2. The number of pyridine rings is 1. The number of ether oxygens (including phenoxy) is 1. The van der Waals surface area contributed by atoms with E-state index in [1.807, 2.05) is 0 Å². The largest absolute Gasteiger partial charge is 0.507 e. The summed E-state index contributed by atoms with van der Waals surface area (Å²) in [7, 11) is 1.43. The van der Waals surface area contributed by atoms with Gasteiger partial charge in [-0.1, -0.05) is 17.7 Å². The normalized spacial score (nSPS) is 17.0. The van der Waals surface area contributed by atoms with Gasteiger partial charge in [-0.05, 0) is 54.1 Å². The second-order valence-electron chi connectivity index (χ2n) is 7.53. The van der Waals surface area contributed by atoms with Gasteiger partial charge >= 0.3 is 0 Å². The molecule has 9 heteroatoms. The summed E-state index contributed by atoms with van der Waals surface area (Å²) < 4.78 is 5.22. The van der Waals surface area contributed by atoms with E-state index in [9.17, 15) is 19.5 Å². The minimum atomic E-state index is -0.929. The first kappa shape index (κ1) is 23.0. The Morgan fingerprint density at radius 3 is 2.50 bits per heavy atom. The van der Waals surface area contributed by atoms with Crippen LogP contribution in [0.25, 0.3) is 5.76 Å². The molecule has 1 aliphatic rings. The highest BCUT2D eigenvalue weighted by atomic mass is 35.5. The van der Waals surface area contributed by atoms with Crippen LogP contribution in [-0.4, -0.2) is 34.8 Å². The number of rotatable bonds is 5. The van der Waals surface area contributed by atoms with Crippen LogP contribution in [-0.2, 0) is 14.4 Å². The molecule has 0 radical (unpaired) electrons. The fourth-order valence-electron chi connectivity index (χ4n) is 3.82. The van der Waals surface area contributed by atoms with Gasteiger partial charge in [0.05, 0.1) is 23.7 Å². The predicted octanol–water partition coefficient (Wildman–Crippen LogP) is 4.33. The third-order valence-electron chi connectivity index (χ3n) is 5.33. The van der Waals surface area contributed by atoms with E-state index < -0.39 is 17.7 Å². The molecule has 3 aromatic rings. The second kappa shape index (κ2) is 9.36. The molecule has 1 saturated heterocycles. The van der Waals surface area contributed by atoms with Crippen LogP contribution in [0, 0.1) is 0 Å². The van der Waals surface area contributed by atoms with Crippen LogP contribution in [0.5, 0.6) is 5.75 Å². The molecule has 172 valence electrons. The molecule has 1 fully saturated rings. The Morgan fingerprint density at radius 1 is 1.15 bits per heavy atom. The summed E-state index contributed by atoms with van der Waals surface area (Å²) in [5.41, 5.74) is 1.68. The van der Waals surface area contributed by atoms with Crippen LogP contribution in [0.2, 0.25) is 5.02 Å². The number of aliphatic hydroxyl groups excluding tert-OH is 1. The highest BCUT2D eigenvalue weighted by Gasteiger charge is 2.47. The van der Waals surface area contributed by atoms with Gasteiger partial charge in [0.25, 0.3) is 11.7 Å². The van der Waals surface area contributed by atoms with E-state index in [1.54, 1.807) is 42.6 Å². The first-order valence-electron chi connectivity index (χ1n) is 10.2. The maximum atomic E-state index is 13.2. The molecule has 4 rings (SSSR count). The third kappa shape index (κ3) is 4.23. The average molecular weight is 478 g/mol. The maximum Gasteiger partial charge on any atom is 0.300 e. The number of aliphatic hydroxyl groups is 1. The first-order chi connectivity index (χ1) is 16.3. The Bertz CT molecular complexity index is 1310. The van der Waals surface area contributed by atoms with E-state index in [-0.39, 0.29) is 22.8 Å². The lowest BCUT2D eigenvalue weighted by Crippen LogP contribution is -2.29. The number of hydrogen-bond donors (Lipinski definition) is 2. The summed E-state index contributed by atoms with van der Waals surface area (Å²) in [6.45, 7) is 1.39. The highest BCUT2D eigenvalue weighted by Crippen LogP contribution is 2.42. The van der Waals surface area contributed by atoms with E-state index in [4.69, 9.17) is 16.3 Å². The summed E-state index contributed by atoms with van der Waals surface area (Å²) in [5.74, 6) is -1.93. The molecule has 2 aromatic carbocycles. The Morgan fingerprint density at radius 2 is 1.88 bits per heavy atom. The van der Waals surface area contributed by atoms with Gasteiger partial charge in [0.2, 0.25) is 5.91 Å². The van der Waals surface area contributed by atoms with E-state index in [2.05, 4.69) is 10.3 Å². The number of aromatic nitrogens is 1. The number of amides is 2. The van der Waals surface area contributed by atoms with Crippen LogP contribution >= 0.6 is 11.6 Å². The number of nitrogens with zero attached hydrogens (tertiary/aromatic N) is 2. The van der Waals surface area contributed by atoms with Gasteiger partial charge in [-0.25, -0.2) is 0 Å². The number of ketones is 1. The number of nitrogens with one attached hydrogen (secondary N) is 1. The quantitative estimate of drug-likeness (QED) is 0.321. The molecule has 1 aliphatic heterocycles. The van der Waals surface area contributed by atoms with Gasteiger partial charge in [0.15, 0.2) is 0 Å². The number of methoxy groups -OCH3 is 1. The zero-order chi connectivity index (χ0) is 24.4. The highest BCUT2D eigenvalue weighted by molar-refractivity contribution is 6.51. The van der Waals surface area contributed by atoms with Crippen molar-refractivity contribution in [1.82, 2.24) is 4.98 Å². The van der Waals surface area contributed by atoms with E-state index in [1.165, 1.54) is 43.3 Å². The average Bonchev–Trinajstić information content (AvgIpc) is 3.10. The molecule has 2 N–H and O–H groups in total. The van der Waals surface area contributed by atoms with Crippen molar-refractivity contribution in [2.75, 3.05) is 17.3 Å². The van der Waals surface area contributed by atoms with Crippen LogP contribution in [0.1, 0.15) is 24.1 Å². The molecule has 0 aliphatic carbocycles. The summed E-state index contributed by atoms with van der Waals surface area (Å²) in [5, 5.41) is 14.2. The molecule has 0 saturated carbocycles. The smallest absolute Gasteiger partial charge is 0.300 e. The van der Waals surface area contributed by atoms with Crippen LogP contribution in [0.15, 0.2) is 72.6 Å². The number of Topliss-reactive ketones (excluding diaryl/α,β-unsaturated/α-hetero) is 1. The molecule has 1 unspecified atom stereocenters. The Balaban J connectivity index is 1.87. The van der Waals surface area contributed by atoms with Crippen molar-refractivity contribution in [3.63, 3.8) is 0 Å². The summed E-state index contributed by atoms with van der Waals surface area (Å²) in [6.07, 6.45) is 3.10. The Labute approximate surface area is 200 Å². The topological polar surface area (TPSA) is 109 Å². The molecule has 0 bridgehead atoms. The summed E-state index contributed by atoms with van der Waals surface area (Å²) >= 11 is 6.10. The minimum absolute atomic E-state index is 0.0895. The van der Waals surface area contributed by atoms with Gasteiger partial charge in [0.1, 0.15) is 11.5 Å². The third-order valence-corrected chi connectivity index (χ3v) is 5.65. The molecule has 2 heterocycles. The number of anilines is 2. The van der Waals surface area contributed by atoms with Crippen molar-refractivity contribution >= 4 is 46.3 Å². The molecular formula is C25H20ClN3O5. The van der Waals surface area contributed by atoms with Gasteiger partial charge in [-0.15, -0.1) is 0 Å². The fraction of sp³-hybridized carbons (Fsp3) is 0.120. The second-order valence-corrected chi connectivity index (χ2v) is 7.94. The predicted molar refractivity (Wildman–Crippen MR) is 128 cm³/mol. The van der Waals surface area contributed by atoms with Crippen molar-refractivity contribution in [2.24, 2.45) is 0 Å². The lowest BCUT2D eigenvalue weighted by Gasteiger charge is -2.25. The Hall–Kier alpha value is -4.17. The molecule has 34 heavy (non-hydrogen) atoms. The monoisotopic (exact) mass is 477 g/mol. The van der Waals surface area contributed by atoms with Gasteiger partial charge < -0.3 is 15.2 Å². The molecule has 1 atom stereocenters. The standard InChI is InChI=1S/C25H20ClN3O5/c1-14(30)28-17-6-8-18(9-7-17)29-22(16-4-3-11-27-13-16)21(24(32)25(29)33)23(31)15-5-10-19(26)20(12-15)34-2/h3-13,22,31H,1-2H3,(H,28,30)/b23-21-. The molecule has 2 amide bonds. The van der Waals surface area contributed by atoms with E-state index in [0.29, 0.717) is 27.7 Å². The van der Waals surface area contributed by atoms with Crippen LogP contribution in [0.3, 0.4) is 0 Å². The fourth-order valence-corrected chi connectivity index (χ4v) is 4.02. The lowest BCUT2D eigenvalue weighted by atomic mass is 9.96. The van der Waals surface area contributed by atoms with Crippen molar-refractivity contribution in [3.05, 3.63) is 88.7 Å². The van der Waals surface area contributed by atoms with Gasteiger partial charge in [-0.2, -0.15) is 0 Å². The van der Waals surface area contributed by atoms with Gasteiger partial charge in [-0.3, -0.25) is 24.3 Å². The molecular weight excluding hydrogens is 458 g/mol. The van der Waals surface area contributed by atoms with Crippen molar-refractivity contribution in [1.29, 1.82) is 0 Å². The molecule has 0 spiro atoms. The molecule has 1 aromatic heterocycles. The van der Waals surface area contributed by atoms with Crippen LogP contribution in [0.4, 0.5) is 11.4 Å². The van der Waals surface area contributed by atoms with Crippen molar-refractivity contribution < 1.29 is 24.2 Å². The SMILES string of the molecule is COc1cc(/C(O)=C2/C(=O)C(=O)N(c3ccc(NC(C)=O)cc3)C2c2cccnc2)ccc1Cl. The minimum Gasteiger partial charge on any atom is -0.507 e. The zero-order valence-electron chi connectivity index (χ0n) is 18.3. The lowest BCUT2D eigenvalue weighted by molar-refractivity contribution is -0.132. The summed E-state index contributed by atoms with van der Waals surface area (Å²) in [6, 6.07) is 13.5. The number of carbonyl (C=O) groups excluding carboxylic acids is 3. The molecule has 8 nitrogen and oxygen atoms in total. The van der Waals surface area contributed by atoms with E-state index >= 15 is 0 Å². The zero-order valence-corrected chi connectivity index (χ0v) is 19.0. The van der Waals surface area contributed by atoms with Gasteiger partial charge in [0, 0.05) is 36.3 Å². The number of halogens is 1. The number of benzene rings is 2.